The van der Waals surface area contributed by atoms with Gasteiger partial charge in [0.15, 0.2) is 5.69 Å². The van der Waals surface area contributed by atoms with Crippen LogP contribution in [-0.2, 0) is 11.5 Å². The second-order valence-corrected chi connectivity index (χ2v) is 3.35. The van der Waals surface area contributed by atoms with Gasteiger partial charge in [0.05, 0.1) is 5.56 Å². The first-order valence-corrected chi connectivity index (χ1v) is 4.99. The molecule has 16 heavy (non-hydrogen) atoms. The van der Waals surface area contributed by atoms with E-state index in [1.54, 1.807) is 0 Å². The highest BCUT2D eigenvalue weighted by Gasteiger charge is 2.37. The number of halogens is 7. The molecule has 0 bridgehead atoms. The molecule has 0 aliphatic rings. The first-order valence-electron chi connectivity index (χ1n) is 3.87. The Labute approximate surface area is 94.6 Å². The van der Waals surface area contributed by atoms with Crippen LogP contribution in [0.25, 0.3) is 0 Å². The van der Waals surface area contributed by atoms with Crippen molar-refractivity contribution in [3.8, 4) is 0 Å². The fourth-order valence-electron chi connectivity index (χ4n) is 1.07. The van der Waals surface area contributed by atoms with Crippen molar-refractivity contribution in [1.29, 1.82) is 0 Å². The number of rotatable bonds is 2. The lowest BCUT2D eigenvalue weighted by Gasteiger charge is -2.12. The molecule has 0 saturated heterocycles. The number of aromatic nitrogens is 1. The van der Waals surface area contributed by atoms with Crippen LogP contribution in [0.1, 0.15) is 23.2 Å². The predicted octanol–water partition coefficient (Wildman–Crippen LogP) is 4.07. The van der Waals surface area contributed by atoms with Crippen molar-refractivity contribution in [2.45, 2.75) is 17.9 Å². The Morgan fingerprint density at radius 1 is 1.31 bits per heavy atom. The van der Waals surface area contributed by atoms with E-state index in [2.05, 4.69) is 20.9 Å². The highest BCUT2D eigenvalue weighted by Crippen LogP contribution is 2.35. The lowest BCUT2D eigenvalue weighted by atomic mass is 10.1. The van der Waals surface area contributed by atoms with Crippen molar-refractivity contribution in [2.24, 2.45) is 0 Å². The molecule has 0 spiro atoms. The summed E-state index contributed by atoms with van der Waals surface area (Å²) >= 11 is 2.61. The second-order valence-electron chi connectivity index (χ2n) is 2.79. The highest BCUT2D eigenvalue weighted by atomic mass is 79.9. The molecule has 8 heteroatoms. The lowest BCUT2D eigenvalue weighted by Crippen LogP contribution is -2.14. The number of hydrogen-bond acceptors (Lipinski definition) is 1. The lowest BCUT2D eigenvalue weighted by molar-refractivity contribution is -0.142. The smallest absolute Gasteiger partial charge is 0.251 e. The van der Waals surface area contributed by atoms with Gasteiger partial charge in [0.2, 0.25) is 0 Å². The normalized spacial score (nSPS) is 12.2. The van der Waals surface area contributed by atoms with Gasteiger partial charge in [-0.1, -0.05) is 15.9 Å². The van der Waals surface area contributed by atoms with Gasteiger partial charge in [-0.2, -0.15) is 13.2 Å². The van der Waals surface area contributed by atoms with E-state index in [0.717, 1.165) is 0 Å². The zero-order valence-corrected chi connectivity index (χ0v) is 9.04. The van der Waals surface area contributed by atoms with Crippen LogP contribution >= 0.6 is 15.9 Å². The molecule has 0 amide bonds. The fourth-order valence-corrected chi connectivity index (χ4v) is 1.58. The van der Waals surface area contributed by atoms with Crippen LogP contribution < -0.4 is 0 Å². The summed E-state index contributed by atoms with van der Waals surface area (Å²) in [6.45, 7) is 0. The Kier molecular flexibility index (Phi) is 3.82. The average molecular weight is 308 g/mol. The summed E-state index contributed by atoms with van der Waals surface area (Å²) in [5.74, 6) is -1.57. The molecular weight excluding hydrogens is 304 g/mol. The van der Waals surface area contributed by atoms with Crippen LogP contribution in [0.2, 0.25) is 0 Å². The molecule has 0 saturated carbocycles. The van der Waals surface area contributed by atoms with Gasteiger partial charge in [0.1, 0.15) is 5.82 Å². The number of nitrogens with zero attached hydrogens (tertiary/aromatic N) is 1. The molecule has 90 valence electrons. The first kappa shape index (κ1) is 13.3. The minimum atomic E-state index is -4.87. The summed E-state index contributed by atoms with van der Waals surface area (Å²) in [5.41, 5.74) is -3.54. The number of alkyl halides is 6. The summed E-state index contributed by atoms with van der Waals surface area (Å²) in [6.07, 6.45) is -7.87. The van der Waals surface area contributed by atoms with E-state index in [0.29, 0.717) is 0 Å². The highest BCUT2D eigenvalue weighted by molar-refractivity contribution is 9.08. The summed E-state index contributed by atoms with van der Waals surface area (Å²) in [6, 6.07) is 0. The monoisotopic (exact) mass is 307 g/mol. The van der Waals surface area contributed by atoms with Gasteiger partial charge in [0.25, 0.3) is 6.43 Å². The molecule has 1 aromatic heterocycles. The van der Waals surface area contributed by atoms with E-state index < -0.39 is 40.6 Å². The van der Waals surface area contributed by atoms with Crippen LogP contribution in [0.15, 0.2) is 6.20 Å². The average Bonchev–Trinajstić information content (AvgIpc) is 2.15. The van der Waals surface area contributed by atoms with Gasteiger partial charge >= 0.3 is 6.18 Å². The molecule has 0 unspecified atom stereocenters. The Bertz CT molecular complexity index is 389. The van der Waals surface area contributed by atoms with Crippen molar-refractivity contribution in [1.82, 2.24) is 4.98 Å². The third-order valence-corrected chi connectivity index (χ3v) is 2.33. The Morgan fingerprint density at radius 3 is 2.25 bits per heavy atom. The second kappa shape index (κ2) is 4.60. The molecule has 0 aliphatic carbocycles. The molecule has 0 aromatic carbocycles. The summed E-state index contributed by atoms with van der Waals surface area (Å²) in [4.78, 5) is 2.83. The van der Waals surface area contributed by atoms with E-state index in [4.69, 9.17) is 0 Å². The van der Waals surface area contributed by atoms with Gasteiger partial charge < -0.3 is 0 Å². The molecule has 0 fully saturated rings. The SMILES string of the molecule is Fc1c(C(F)F)cnc(C(F)(F)F)c1CBr. The number of hydrogen-bond donors (Lipinski definition) is 0. The molecular formula is C8H4BrF6N. The van der Waals surface area contributed by atoms with E-state index in [1.165, 1.54) is 0 Å². The first-order chi connectivity index (χ1) is 7.29. The van der Waals surface area contributed by atoms with Crippen molar-refractivity contribution in [3.63, 3.8) is 0 Å². The Hall–Kier alpha value is -0.790. The third-order valence-electron chi connectivity index (χ3n) is 1.77. The van der Waals surface area contributed by atoms with Crippen molar-refractivity contribution >= 4 is 15.9 Å². The molecule has 0 atom stereocenters. The predicted molar refractivity (Wildman–Crippen MR) is 46.8 cm³/mol. The van der Waals surface area contributed by atoms with Crippen LogP contribution in [0.4, 0.5) is 26.3 Å². The third kappa shape index (κ3) is 2.47. The molecule has 0 aliphatic heterocycles. The van der Waals surface area contributed by atoms with E-state index in [-0.39, 0.29) is 6.20 Å². The summed E-state index contributed by atoms with van der Waals surface area (Å²) < 4.78 is 74.6. The number of pyridine rings is 1. The molecule has 1 heterocycles. The topological polar surface area (TPSA) is 12.9 Å². The van der Waals surface area contributed by atoms with Gasteiger partial charge in [-0.3, -0.25) is 4.98 Å². The standard InChI is InChI=1S/C8H4BrF6N/c9-1-3-5(10)4(7(11)12)2-16-6(3)8(13,14)15/h2,7H,1H2. The van der Waals surface area contributed by atoms with Crippen LogP contribution in [0.5, 0.6) is 0 Å². The molecule has 0 radical (unpaired) electrons. The quantitative estimate of drug-likeness (QED) is 0.593. The molecule has 0 N–H and O–H groups in total. The molecule has 1 nitrogen and oxygen atoms in total. The molecule has 1 aromatic rings. The van der Waals surface area contributed by atoms with Crippen molar-refractivity contribution in [3.05, 3.63) is 28.8 Å². The Morgan fingerprint density at radius 2 is 1.88 bits per heavy atom. The minimum absolute atomic E-state index is 0.203. The van der Waals surface area contributed by atoms with Crippen LogP contribution in [-0.4, -0.2) is 4.98 Å². The maximum absolute atomic E-state index is 13.3. The minimum Gasteiger partial charge on any atom is -0.251 e. The maximum atomic E-state index is 13.3. The van der Waals surface area contributed by atoms with E-state index in [9.17, 15) is 26.3 Å². The molecule has 1 rings (SSSR count). The fraction of sp³-hybridized carbons (Fsp3) is 0.375. The van der Waals surface area contributed by atoms with Crippen LogP contribution in [0.3, 0.4) is 0 Å². The van der Waals surface area contributed by atoms with Gasteiger partial charge in [0, 0.05) is 17.1 Å². The van der Waals surface area contributed by atoms with Gasteiger partial charge in [-0.15, -0.1) is 0 Å². The summed E-state index contributed by atoms with van der Waals surface area (Å²) in [5, 5.41) is -0.540. The van der Waals surface area contributed by atoms with E-state index >= 15 is 0 Å². The maximum Gasteiger partial charge on any atom is 0.433 e. The zero-order valence-electron chi connectivity index (χ0n) is 7.45. The summed E-state index contributed by atoms with van der Waals surface area (Å²) in [7, 11) is 0. The van der Waals surface area contributed by atoms with Gasteiger partial charge in [-0.05, 0) is 0 Å². The van der Waals surface area contributed by atoms with Gasteiger partial charge in [-0.25, -0.2) is 13.2 Å². The zero-order chi connectivity index (χ0) is 12.5. The van der Waals surface area contributed by atoms with Crippen LogP contribution in [0, 0.1) is 5.82 Å². The Balaban J connectivity index is 3.41. The van der Waals surface area contributed by atoms with E-state index in [1.807, 2.05) is 0 Å². The van der Waals surface area contributed by atoms with Crippen molar-refractivity contribution < 1.29 is 26.3 Å². The largest absolute Gasteiger partial charge is 0.433 e. The van der Waals surface area contributed by atoms with Crippen molar-refractivity contribution in [2.75, 3.05) is 0 Å².